The average Bonchev–Trinajstić information content (AvgIpc) is 3.17. The van der Waals surface area contributed by atoms with Crippen LogP contribution < -0.4 is 10.5 Å². The van der Waals surface area contributed by atoms with Crippen molar-refractivity contribution in [2.45, 2.75) is 38.1 Å². The number of aromatic nitrogens is 2. The Balaban J connectivity index is 0.00000192. The van der Waals surface area contributed by atoms with Gasteiger partial charge in [-0.2, -0.15) is 4.98 Å². The Morgan fingerprint density at radius 1 is 1.22 bits per heavy atom. The molecule has 5 nitrogen and oxygen atoms in total. The Bertz CT molecular complexity index is 646. The van der Waals surface area contributed by atoms with Gasteiger partial charge in [-0.15, -0.1) is 12.4 Å². The molecular formula is C17H22ClN3O2. The highest BCUT2D eigenvalue weighted by atomic mass is 35.5. The van der Waals surface area contributed by atoms with Gasteiger partial charge in [0.05, 0.1) is 12.1 Å². The van der Waals surface area contributed by atoms with Crippen LogP contribution in [0.15, 0.2) is 28.8 Å². The molecule has 1 heterocycles. The molecule has 1 aromatic heterocycles. The normalized spacial score (nSPS) is 16.4. The number of hydrogen-bond acceptors (Lipinski definition) is 5. The van der Waals surface area contributed by atoms with Gasteiger partial charge in [0.15, 0.2) is 5.82 Å². The summed E-state index contributed by atoms with van der Waals surface area (Å²) < 4.78 is 10.7. The predicted molar refractivity (Wildman–Crippen MR) is 92.4 cm³/mol. The smallest absolute Gasteiger partial charge is 0.250 e. The topological polar surface area (TPSA) is 74.2 Å². The summed E-state index contributed by atoms with van der Waals surface area (Å²) in [6.45, 7) is 2.64. The molecule has 2 N–H and O–H groups in total. The molecule has 1 fully saturated rings. The summed E-state index contributed by atoms with van der Waals surface area (Å²) >= 11 is 0. The van der Waals surface area contributed by atoms with Gasteiger partial charge in [0.2, 0.25) is 0 Å². The minimum atomic E-state index is -0.408. The maximum absolute atomic E-state index is 6.32. The third-order valence-corrected chi connectivity index (χ3v) is 3.99. The molecule has 1 aliphatic rings. The first-order valence-electron chi connectivity index (χ1n) is 7.74. The zero-order valence-corrected chi connectivity index (χ0v) is 14.0. The first-order chi connectivity index (χ1) is 10.7. The highest BCUT2D eigenvalue weighted by Gasteiger charge is 2.35. The van der Waals surface area contributed by atoms with E-state index in [1.165, 1.54) is 0 Å². The molecule has 1 saturated carbocycles. The Labute approximate surface area is 142 Å². The van der Waals surface area contributed by atoms with Crippen molar-refractivity contribution in [1.29, 1.82) is 0 Å². The number of halogens is 1. The van der Waals surface area contributed by atoms with Gasteiger partial charge in [0.25, 0.3) is 5.89 Å². The van der Waals surface area contributed by atoms with Crippen molar-refractivity contribution in [1.82, 2.24) is 10.1 Å². The van der Waals surface area contributed by atoms with Crippen LogP contribution in [0.5, 0.6) is 5.75 Å². The van der Waals surface area contributed by atoms with Crippen molar-refractivity contribution in [2.75, 3.05) is 6.61 Å². The van der Waals surface area contributed by atoms with E-state index in [0.717, 1.165) is 37.0 Å². The van der Waals surface area contributed by atoms with Crippen molar-refractivity contribution in [3.63, 3.8) is 0 Å². The molecular weight excluding hydrogens is 314 g/mol. The Kier molecular flexibility index (Phi) is 5.80. The molecule has 6 heteroatoms. The summed E-state index contributed by atoms with van der Waals surface area (Å²) in [4.78, 5) is 4.41. The van der Waals surface area contributed by atoms with Crippen LogP contribution in [0.1, 0.15) is 49.9 Å². The Morgan fingerprint density at radius 2 is 1.91 bits per heavy atom. The van der Waals surface area contributed by atoms with Gasteiger partial charge in [0.1, 0.15) is 5.75 Å². The number of hydrogen-bond donors (Lipinski definition) is 1. The third-order valence-electron chi connectivity index (χ3n) is 3.99. The van der Waals surface area contributed by atoms with E-state index in [1.54, 1.807) is 0 Å². The van der Waals surface area contributed by atoms with Gasteiger partial charge in [-0.25, -0.2) is 0 Å². The second-order valence-corrected chi connectivity index (χ2v) is 5.65. The molecule has 0 aliphatic heterocycles. The largest absolute Gasteiger partial charge is 0.494 e. The number of benzene rings is 1. The molecule has 23 heavy (non-hydrogen) atoms. The summed E-state index contributed by atoms with van der Waals surface area (Å²) in [5.41, 5.74) is 6.96. The third kappa shape index (κ3) is 4.12. The molecule has 1 aliphatic carbocycles. The molecule has 0 atom stereocenters. The molecule has 0 spiro atoms. The van der Waals surface area contributed by atoms with Crippen LogP contribution in [-0.4, -0.2) is 16.7 Å². The highest BCUT2D eigenvalue weighted by molar-refractivity contribution is 5.85. The molecule has 0 radical (unpaired) electrons. The SMILES string of the molecule is CCOc1ccc(/C=C/c2nc(C3(N)CCCC3)no2)cc1.Cl. The fraction of sp³-hybridized carbons (Fsp3) is 0.412. The monoisotopic (exact) mass is 335 g/mol. The van der Waals surface area contributed by atoms with E-state index in [-0.39, 0.29) is 12.4 Å². The molecule has 1 aromatic carbocycles. The van der Waals surface area contributed by atoms with Gasteiger partial charge in [-0.3, -0.25) is 0 Å². The number of nitrogens with zero attached hydrogens (tertiary/aromatic N) is 2. The zero-order valence-electron chi connectivity index (χ0n) is 13.2. The van der Waals surface area contributed by atoms with E-state index in [9.17, 15) is 0 Å². The summed E-state index contributed by atoms with van der Waals surface area (Å²) in [5, 5.41) is 4.04. The highest BCUT2D eigenvalue weighted by Crippen LogP contribution is 2.34. The lowest BCUT2D eigenvalue weighted by molar-refractivity contribution is 0.340. The van der Waals surface area contributed by atoms with Crippen LogP contribution in [0.2, 0.25) is 0 Å². The molecule has 124 valence electrons. The molecule has 0 amide bonds. The minimum absolute atomic E-state index is 0. The fourth-order valence-electron chi connectivity index (χ4n) is 2.74. The summed E-state index contributed by atoms with van der Waals surface area (Å²) in [6, 6.07) is 7.85. The van der Waals surface area contributed by atoms with Crippen molar-refractivity contribution < 1.29 is 9.26 Å². The quantitative estimate of drug-likeness (QED) is 0.899. The van der Waals surface area contributed by atoms with Gasteiger partial charge in [-0.1, -0.05) is 30.1 Å². The maximum Gasteiger partial charge on any atom is 0.250 e. The molecule has 0 unspecified atom stereocenters. The van der Waals surface area contributed by atoms with Gasteiger partial charge >= 0.3 is 0 Å². The summed E-state index contributed by atoms with van der Waals surface area (Å²) in [7, 11) is 0. The minimum Gasteiger partial charge on any atom is -0.494 e. The molecule has 3 rings (SSSR count). The number of rotatable bonds is 5. The van der Waals surface area contributed by atoms with Crippen LogP contribution in [0.4, 0.5) is 0 Å². The van der Waals surface area contributed by atoms with E-state index in [0.29, 0.717) is 18.3 Å². The molecule has 0 bridgehead atoms. The first kappa shape index (κ1) is 17.5. The van der Waals surface area contributed by atoms with E-state index in [1.807, 2.05) is 43.3 Å². The lowest BCUT2D eigenvalue weighted by Crippen LogP contribution is -2.34. The first-order valence-corrected chi connectivity index (χ1v) is 7.74. The molecule has 2 aromatic rings. The summed E-state index contributed by atoms with van der Waals surface area (Å²) in [5.74, 6) is 1.97. The van der Waals surface area contributed by atoms with Gasteiger partial charge in [-0.05, 0) is 43.5 Å². The van der Waals surface area contributed by atoms with Gasteiger partial charge in [0, 0.05) is 6.08 Å². The van der Waals surface area contributed by atoms with Crippen molar-refractivity contribution in [3.8, 4) is 5.75 Å². The van der Waals surface area contributed by atoms with E-state index >= 15 is 0 Å². The van der Waals surface area contributed by atoms with Crippen molar-refractivity contribution >= 4 is 24.6 Å². The predicted octanol–water partition coefficient (Wildman–Crippen LogP) is 3.79. The van der Waals surface area contributed by atoms with Crippen LogP contribution in [-0.2, 0) is 5.54 Å². The van der Waals surface area contributed by atoms with Crippen molar-refractivity contribution in [2.24, 2.45) is 5.73 Å². The van der Waals surface area contributed by atoms with Gasteiger partial charge < -0.3 is 15.0 Å². The fourth-order valence-corrected chi connectivity index (χ4v) is 2.74. The lowest BCUT2D eigenvalue weighted by Gasteiger charge is -2.17. The average molecular weight is 336 g/mol. The summed E-state index contributed by atoms with van der Waals surface area (Å²) in [6.07, 6.45) is 7.85. The Hall–Kier alpha value is -1.85. The second kappa shape index (κ2) is 7.62. The van der Waals surface area contributed by atoms with Crippen LogP contribution in [0.3, 0.4) is 0 Å². The van der Waals surface area contributed by atoms with E-state index in [2.05, 4.69) is 10.1 Å². The van der Waals surface area contributed by atoms with Crippen LogP contribution in [0.25, 0.3) is 12.2 Å². The zero-order chi connectivity index (χ0) is 15.4. The standard InChI is InChI=1S/C17H21N3O2.ClH/c1-2-21-14-8-5-13(6-9-14)7-10-15-19-16(20-22-15)17(18)11-3-4-12-17;/h5-10H,2-4,11-12,18H2,1H3;1H/b10-7+;. The Morgan fingerprint density at radius 3 is 2.57 bits per heavy atom. The van der Waals surface area contributed by atoms with Crippen LogP contribution in [0, 0.1) is 0 Å². The van der Waals surface area contributed by atoms with E-state index < -0.39 is 5.54 Å². The number of ether oxygens (including phenoxy) is 1. The van der Waals surface area contributed by atoms with Crippen molar-refractivity contribution in [3.05, 3.63) is 41.5 Å². The maximum atomic E-state index is 6.32. The second-order valence-electron chi connectivity index (χ2n) is 5.65. The molecule has 0 saturated heterocycles. The lowest BCUT2D eigenvalue weighted by atomic mass is 9.99. The number of nitrogens with two attached hydrogens (primary N) is 1. The van der Waals surface area contributed by atoms with Crippen LogP contribution >= 0.6 is 12.4 Å². The van der Waals surface area contributed by atoms with E-state index in [4.69, 9.17) is 15.0 Å².